The van der Waals surface area contributed by atoms with Crippen LogP contribution in [0.1, 0.15) is 262 Å². The molecule has 0 spiro atoms. The van der Waals surface area contributed by atoms with Crippen LogP contribution in [0.25, 0.3) is 0 Å². The number of methoxy groups -OCH3 is 2. The molecule has 0 radical (unpaired) electrons. The smallest absolute Gasteiger partial charge is 0.166 e. The molecule has 0 N–H and O–H groups in total. The molecule has 0 bridgehead atoms. The first kappa shape index (κ1) is 120. The van der Waals surface area contributed by atoms with Gasteiger partial charge in [-0.05, 0) is 89.0 Å². The summed E-state index contributed by atoms with van der Waals surface area (Å²) in [4.78, 5) is 0. The summed E-state index contributed by atoms with van der Waals surface area (Å²) in [5, 5.41) is 0. The van der Waals surface area contributed by atoms with Gasteiger partial charge >= 0.3 is 0 Å². The van der Waals surface area contributed by atoms with Crippen LogP contribution < -0.4 is 0 Å². The van der Waals surface area contributed by atoms with Gasteiger partial charge in [-0.1, -0.05) is 651 Å². The molecule has 142 heavy (non-hydrogen) atoms. The highest BCUT2D eigenvalue weighted by Crippen LogP contribution is 2.65. The molecule has 3 saturated heterocycles. The van der Waals surface area contributed by atoms with Gasteiger partial charge in [0.25, 0.3) is 0 Å². The van der Waals surface area contributed by atoms with Crippen LogP contribution in [0.5, 0.6) is 0 Å². The molecular weight excluding hydrogens is 1740 g/mol. The summed E-state index contributed by atoms with van der Waals surface area (Å²) in [6.45, 7) is 48.2. The number of benzene rings is 16. The normalized spacial score (nSPS) is 14.0. The molecule has 19 rings (SSSR count). The van der Waals surface area contributed by atoms with E-state index >= 15 is 0 Å². The molecule has 0 unspecified atom stereocenters. The van der Waals surface area contributed by atoms with Gasteiger partial charge in [-0.3, -0.25) is 0 Å². The average molecular weight is 1900 g/mol. The molecule has 8 heteroatoms. The van der Waals surface area contributed by atoms with Crippen molar-refractivity contribution in [3.8, 4) is 0 Å². The van der Waals surface area contributed by atoms with Gasteiger partial charge in [-0.15, -0.1) is 0 Å². The Bertz CT molecular complexity index is 4900. The second kappa shape index (κ2) is 64.6. The Kier molecular flexibility index (Phi) is 54.4. The molecule has 0 atom stereocenters. The monoisotopic (exact) mass is 1900 g/mol. The average Bonchev–Trinajstić information content (AvgIpc) is 1.52. The van der Waals surface area contributed by atoms with Crippen LogP contribution in [0.15, 0.2) is 485 Å². The van der Waals surface area contributed by atoms with Crippen LogP contribution in [-0.2, 0) is 82.7 Å². The van der Waals surface area contributed by atoms with E-state index in [1.165, 1.54) is 0 Å². The number of hydrogen-bond donors (Lipinski definition) is 0. The fourth-order valence-corrected chi connectivity index (χ4v) is 18.9. The lowest BCUT2D eigenvalue weighted by atomic mass is 9.66. The molecule has 16 aromatic rings. The number of ether oxygens (including phenoxy) is 8. The second-order valence-electron chi connectivity index (χ2n) is 29.7. The fraction of sp³-hybridized carbons (Fsp3) is 0.284. The Morgan fingerprint density at radius 3 is 0.387 bits per heavy atom. The molecule has 3 fully saturated rings. The van der Waals surface area contributed by atoms with Crippen molar-refractivity contribution in [3.63, 3.8) is 0 Å². The van der Waals surface area contributed by atoms with Gasteiger partial charge in [-0.25, -0.2) is 0 Å². The van der Waals surface area contributed by atoms with Gasteiger partial charge in [0.2, 0.25) is 0 Å². The molecule has 0 aromatic heterocycles. The van der Waals surface area contributed by atoms with Crippen molar-refractivity contribution in [2.75, 3.05) is 21.0 Å². The third kappa shape index (κ3) is 24.9. The number of hydrogen-bond acceptors (Lipinski definition) is 8. The highest BCUT2D eigenvalue weighted by molar-refractivity contribution is 5.58. The zero-order valence-corrected chi connectivity index (χ0v) is 90.0. The lowest BCUT2D eigenvalue weighted by Gasteiger charge is -2.50. The third-order valence-corrected chi connectivity index (χ3v) is 23.6. The predicted molar refractivity (Wildman–Crippen MR) is 603 cm³/mol. The van der Waals surface area contributed by atoms with Crippen molar-refractivity contribution < 1.29 is 37.9 Å². The molecule has 0 aliphatic carbocycles. The highest BCUT2D eigenvalue weighted by Gasteiger charge is 2.69. The Morgan fingerprint density at radius 2 is 0.275 bits per heavy atom. The van der Waals surface area contributed by atoms with Crippen LogP contribution >= 0.6 is 0 Å². The Balaban J connectivity index is 0.000000363. The third-order valence-electron chi connectivity index (χ3n) is 23.6. The summed E-state index contributed by atoms with van der Waals surface area (Å²) in [5.74, 6) is 0. The van der Waals surface area contributed by atoms with Gasteiger partial charge in [0.15, 0.2) is 57.4 Å². The van der Waals surface area contributed by atoms with Crippen molar-refractivity contribution >= 4 is 0 Å². The largest absolute Gasteiger partial charge is 0.365 e. The molecule has 8 nitrogen and oxygen atoms in total. The van der Waals surface area contributed by atoms with Crippen molar-refractivity contribution in [1.29, 1.82) is 0 Å². The van der Waals surface area contributed by atoms with E-state index in [1.54, 1.807) is 14.2 Å². The molecule has 3 aliphatic rings. The highest BCUT2D eigenvalue weighted by atomic mass is 16.8. The minimum Gasteiger partial charge on any atom is -0.365 e. The minimum atomic E-state index is -1.13. The van der Waals surface area contributed by atoms with Crippen LogP contribution in [0.2, 0.25) is 0 Å². The Labute approximate surface area is 857 Å². The first-order valence-electron chi connectivity index (χ1n) is 52.4. The maximum atomic E-state index is 7.68. The lowest BCUT2D eigenvalue weighted by molar-refractivity contribution is -0.164. The van der Waals surface area contributed by atoms with Crippen LogP contribution in [0, 0.1) is 0 Å². The van der Waals surface area contributed by atoms with E-state index in [0.717, 1.165) is 89.0 Å². The summed E-state index contributed by atoms with van der Waals surface area (Å²) >= 11 is 0. The van der Waals surface area contributed by atoms with Gasteiger partial charge in [-0.2, -0.15) is 0 Å². The maximum absolute atomic E-state index is 7.68. The van der Waals surface area contributed by atoms with Gasteiger partial charge in [0.1, 0.15) is 6.79 Å². The molecule has 0 saturated carbocycles. The first-order valence-corrected chi connectivity index (χ1v) is 52.4. The van der Waals surface area contributed by atoms with Crippen LogP contribution in [-0.4, -0.2) is 33.6 Å². The summed E-state index contributed by atoms with van der Waals surface area (Å²) in [7, 11) is 3.53. The van der Waals surface area contributed by atoms with E-state index in [4.69, 9.17) is 37.9 Å². The molecule has 0 amide bonds. The zero-order valence-electron chi connectivity index (χ0n) is 90.0. The zero-order chi connectivity index (χ0) is 104. The Hall–Kier alpha value is -12.8. The van der Waals surface area contributed by atoms with E-state index < -0.39 is 57.4 Å². The maximum Gasteiger partial charge on any atom is 0.166 e. The second-order valence-corrected chi connectivity index (χ2v) is 29.7. The van der Waals surface area contributed by atoms with Crippen molar-refractivity contribution in [2.45, 2.75) is 230 Å². The van der Waals surface area contributed by atoms with Gasteiger partial charge in [0, 0.05) is 20.6 Å². The molecule has 16 aromatic carbocycles. The molecule has 748 valence electrons. The topological polar surface area (TPSA) is 73.8 Å². The standard InChI is InChI=1S/C55H44O4.C28H26O2.C27H22O2.12C2H6/c1-9-25-42(26-10-1)52(43-27-11-2-12-28-43)53(44-29-13-3-14-30-44,45-31-15-4-16-32-45)57-50(56-52)41-51-58-54(46-33-17-5-18-34-46,47-35-19-6-20-36-47)55(59-51,48-37-21-7-22-38-48)49-39-23-8-24-40-49;1-29-27(23-15-7-3-8-16-23,24-17-9-4-10-18-24)28(30-2,25-19-11-5-12-20-25)26-21-13-6-14-22-26;1-5-13-22(14-6-1)26(23-15-7-2-8-16-23)27(29-21-28-26,24-17-9-3-10-18-24)25-19-11-4-12-20-25;12*1-2/h1-40,50-51H,41H2;3-22H,1-2H3;1-20H,21H2;12*1-2H3. The molecule has 3 aliphatic heterocycles. The first-order chi connectivity index (χ1) is 70.4. The van der Waals surface area contributed by atoms with E-state index in [2.05, 4.69) is 340 Å². The van der Waals surface area contributed by atoms with E-state index in [-0.39, 0.29) is 13.2 Å². The van der Waals surface area contributed by atoms with Crippen LogP contribution in [0.3, 0.4) is 0 Å². The summed E-state index contributed by atoms with van der Waals surface area (Å²) in [5.41, 5.74) is 8.12. The number of rotatable bonds is 21. The van der Waals surface area contributed by atoms with Gasteiger partial charge in [0.05, 0.1) is 0 Å². The van der Waals surface area contributed by atoms with Crippen molar-refractivity contribution in [2.24, 2.45) is 0 Å². The molecule has 3 heterocycles. The predicted octanol–water partition coefficient (Wildman–Crippen LogP) is 36.3. The fourth-order valence-electron chi connectivity index (χ4n) is 18.9. The quantitative estimate of drug-likeness (QED) is 0.0705. The minimum absolute atomic E-state index is 0.202. The van der Waals surface area contributed by atoms with Crippen molar-refractivity contribution in [1.82, 2.24) is 0 Å². The van der Waals surface area contributed by atoms with E-state index in [0.29, 0.717) is 0 Å². The summed E-state index contributed by atoms with van der Waals surface area (Å²) in [6, 6.07) is 167. The lowest BCUT2D eigenvalue weighted by Crippen LogP contribution is -2.53. The van der Waals surface area contributed by atoms with E-state index in [1.807, 2.05) is 312 Å². The summed E-state index contributed by atoms with van der Waals surface area (Å²) in [6.07, 6.45) is -1.34. The van der Waals surface area contributed by atoms with E-state index in [9.17, 15) is 0 Å². The SMILES string of the molecule is CC.CC.CC.CC.CC.CC.CC.CC.CC.CC.CC.CC.COC(c1ccccc1)(c1ccccc1)C(OC)(c1ccccc1)c1ccccc1.c1ccc(C2(c3ccccc3)OC(CC3OC(c4ccccc4)(c4ccccc4)C(c4ccccc4)(c4ccccc4)O3)OC2(c2ccccc2)c2ccccc2)cc1.c1ccc(C2(c3ccccc3)OCOC2(c2ccccc2)c2ccccc2)cc1. The van der Waals surface area contributed by atoms with Crippen molar-refractivity contribution in [3.05, 3.63) is 574 Å². The van der Waals surface area contributed by atoms with Crippen LogP contribution in [0.4, 0.5) is 0 Å². The Morgan fingerprint density at radius 1 is 0.169 bits per heavy atom. The summed E-state index contributed by atoms with van der Waals surface area (Å²) < 4.78 is 57.1. The molecular formula is C134H164O8. The van der Waals surface area contributed by atoms with Gasteiger partial charge < -0.3 is 37.9 Å².